The van der Waals surface area contributed by atoms with Gasteiger partial charge >= 0.3 is 6.18 Å². The Morgan fingerprint density at radius 3 is 2.62 bits per heavy atom. The molecule has 0 heterocycles. The van der Waals surface area contributed by atoms with E-state index in [1.807, 2.05) is 0 Å². The Kier molecular flexibility index (Phi) is 5.82. The van der Waals surface area contributed by atoms with E-state index in [4.69, 9.17) is 4.74 Å². The number of amides is 2. The number of halogens is 3. The second kappa shape index (κ2) is 7.65. The second-order valence-corrected chi connectivity index (χ2v) is 5.65. The number of benzene rings is 1. The van der Waals surface area contributed by atoms with Crippen LogP contribution in [-0.4, -0.2) is 32.1 Å². The summed E-state index contributed by atoms with van der Waals surface area (Å²) in [6.07, 6.45) is -3.39. The van der Waals surface area contributed by atoms with E-state index in [0.717, 1.165) is 12.1 Å². The quantitative estimate of drug-likeness (QED) is 0.747. The highest BCUT2D eigenvalue weighted by molar-refractivity contribution is 5.99. The molecule has 1 saturated carbocycles. The maximum absolute atomic E-state index is 12.6. The molecule has 2 N–H and O–H groups in total. The monoisotopic (exact) mass is 344 g/mol. The average Bonchev–Trinajstić information content (AvgIpc) is 3.31. The van der Waals surface area contributed by atoms with Crippen LogP contribution in [-0.2, 0) is 20.5 Å². The number of alkyl halides is 3. The van der Waals surface area contributed by atoms with E-state index in [1.54, 1.807) is 7.11 Å². The van der Waals surface area contributed by atoms with Gasteiger partial charge < -0.3 is 15.4 Å². The third-order valence-corrected chi connectivity index (χ3v) is 3.75. The number of nitrogens with one attached hydrogen (secondary N) is 2. The normalized spacial score (nSPS) is 19.7. The highest BCUT2D eigenvalue weighted by Crippen LogP contribution is 2.39. The summed E-state index contributed by atoms with van der Waals surface area (Å²) in [5.41, 5.74) is -0.760. The Hall–Kier alpha value is -2.09. The van der Waals surface area contributed by atoms with E-state index in [2.05, 4.69) is 10.6 Å². The van der Waals surface area contributed by atoms with E-state index < -0.39 is 29.5 Å². The smallest absolute Gasteiger partial charge is 0.385 e. The largest absolute Gasteiger partial charge is 0.416 e. The zero-order chi connectivity index (χ0) is 17.7. The number of carbonyl (C=O) groups is 2. The summed E-state index contributed by atoms with van der Waals surface area (Å²) in [6.45, 7) is 0.996. The number of methoxy groups -OCH3 is 1. The van der Waals surface area contributed by atoms with Crippen LogP contribution in [0.4, 0.5) is 18.9 Å². The van der Waals surface area contributed by atoms with Gasteiger partial charge in [0.15, 0.2) is 0 Å². The van der Waals surface area contributed by atoms with Gasteiger partial charge in [0, 0.05) is 25.9 Å². The van der Waals surface area contributed by atoms with Crippen molar-refractivity contribution in [3.63, 3.8) is 0 Å². The Labute approximate surface area is 137 Å². The number of anilines is 1. The molecular weight excluding hydrogens is 325 g/mol. The van der Waals surface area contributed by atoms with E-state index in [-0.39, 0.29) is 11.6 Å². The molecule has 2 atom stereocenters. The van der Waals surface area contributed by atoms with Crippen LogP contribution in [0.25, 0.3) is 0 Å². The molecule has 2 unspecified atom stereocenters. The lowest BCUT2D eigenvalue weighted by Gasteiger charge is -2.10. The molecule has 0 aromatic heterocycles. The molecular formula is C16H19F3N2O3. The lowest BCUT2D eigenvalue weighted by Crippen LogP contribution is -2.28. The third kappa shape index (κ3) is 4.95. The first-order valence-corrected chi connectivity index (χ1v) is 7.57. The zero-order valence-electron chi connectivity index (χ0n) is 13.2. The molecule has 1 aromatic carbocycles. The summed E-state index contributed by atoms with van der Waals surface area (Å²) in [4.78, 5) is 23.9. The van der Waals surface area contributed by atoms with Gasteiger partial charge in [-0.1, -0.05) is 6.07 Å². The summed E-state index contributed by atoms with van der Waals surface area (Å²) in [5.74, 6) is -1.57. The van der Waals surface area contributed by atoms with Gasteiger partial charge in [0.25, 0.3) is 0 Å². The average molecular weight is 344 g/mol. The van der Waals surface area contributed by atoms with Crippen molar-refractivity contribution in [2.75, 3.05) is 25.6 Å². The van der Waals surface area contributed by atoms with Crippen LogP contribution in [0, 0.1) is 11.8 Å². The van der Waals surface area contributed by atoms with E-state index in [1.165, 1.54) is 12.1 Å². The molecule has 1 aliphatic carbocycles. The Morgan fingerprint density at radius 2 is 1.96 bits per heavy atom. The fraction of sp³-hybridized carbons (Fsp3) is 0.500. The second-order valence-electron chi connectivity index (χ2n) is 5.65. The van der Waals surface area contributed by atoms with Crippen LogP contribution in [0.5, 0.6) is 0 Å². The van der Waals surface area contributed by atoms with Crippen LogP contribution in [0.2, 0.25) is 0 Å². The van der Waals surface area contributed by atoms with Crippen molar-refractivity contribution in [1.82, 2.24) is 5.32 Å². The van der Waals surface area contributed by atoms with Gasteiger partial charge in [0.05, 0.1) is 17.4 Å². The maximum atomic E-state index is 12.6. The Bertz CT molecular complexity index is 604. The van der Waals surface area contributed by atoms with Gasteiger partial charge in [0.2, 0.25) is 11.8 Å². The van der Waals surface area contributed by atoms with Crippen LogP contribution in [0.3, 0.4) is 0 Å². The lowest BCUT2D eigenvalue weighted by molar-refractivity contribution is -0.137. The number of rotatable bonds is 7. The van der Waals surface area contributed by atoms with Crippen LogP contribution in [0.1, 0.15) is 18.4 Å². The zero-order valence-corrected chi connectivity index (χ0v) is 13.2. The fourth-order valence-corrected chi connectivity index (χ4v) is 2.34. The first kappa shape index (κ1) is 18.3. The van der Waals surface area contributed by atoms with Crippen molar-refractivity contribution in [3.8, 4) is 0 Å². The van der Waals surface area contributed by atoms with E-state index >= 15 is 0 Å². The molecule has 0 bridgehead atoms. The highest BCUT2D eigenvalue weighted by atomic mass is 19.4. The van der Waals surface area contributed by atoms with Crippen molar-refractivity contribution >= 4 is 17.5 Å². The standard InChI is InChI=1S/C16H19F3N2O3/c1-24-7-3-6-20-14(22)12-9-13(12)15(23)21-11-5-2-4-10(8-11)16(17,18)19/h2,4-5,8,12-13H,3,6-7,9H2,1H3,(H,20,22)(H,21,23). The minimum Gasteiger partial charge on any atom is -0.385 e. The molecule has 1 aliphatic rings. The van der Waals surface area contributed by atoms with Gasteiger partial charge in [-0.2, -0.15) is 13.2 Å². The van der Waals surface area contributed by atoms with Gasteiger partial charge in [0.1, 0.15) is 0 Å². The first-order chi connectivity index (χ1) is 11.3. The fourth-order valence-electron chi connectivity index (χ4n) is 2.34. The molecule has 1 fully saturated rings. The molecule has 0 spiro atoms. The predicted octanol–water partition coefficient (Wildman–Crippen LogP) is 2.43. The molecule has 132 valence electrons. The third-order valence-electron chi connectivity index (χ3n) is 3.75. The van der Waals surface area contributed by atoms with E-state index in [0.29, 0.717) is 26.0 Å². The number of hydrogen-bond donors (Lipinski definition) is 2. The minimum absolute atomic E-state index is 0.0703. The van der Waals surface area contributed by atoms with Crippen LogP contribution >= 0.6 is 0 Å². The van der Waals surface area contributed by atoms with Gasteiger partial charge in [-0.15, -0.1) is 0 Å². The van der Waals surface area contributed by atoms with Crippen molar-refractivity contribution in [3.05, 3.63) is 29.8 Å². The van der Waals surface area contributed by atoms with Crippen LogP contribution in [0.15, 0.2) is 24.3 Å². The van der Waals surface area contributed by atoms with Crippen molar-refractivity contribution in [2.45, 2.75) is 19.0 Å². The number of ether oxygens (including phenoxy) is 1. The molecule has 5 nitrogen and oxygen atoms in total. The van der Waals surface area contributed by atoms with Crippen molar-refractivity contribution in [1.29, 1.82) is 0 Å². The molecule has 2 amide bonds. The summed E-state index contributed by atoms with van der Waals surface area (Å²) in [6, 6.07) is 4.42. The van der Waals surface area contributed by atoms with Gasteiger partial charge in [-0.05, 0) is 31.0 Å². The summed E-state index contributed by atoms with van der Waals surface area (Å²) < 4.78 is 42.8. The van der Waals surface area contributed by atoms with Gasteiger partial charge in [-0.3, -0.25) is 9.59 Å². The predicted molar refractivity (Wildman–Crippen MR) is 81.2 cm³/mol. The van der Waals surface area contributed by atoms with E-state index in [9.17, 15) is 22.8 Å². The van der Waals surface area contributed by atoms with Crippen molar-refractivity contribution in [2.24, 2.45) is 11.8 Å². The maximum Gasteiger partial charge on any atom is 0.416 e. The summed E-state index contributed by atoms with van der Waals surface area (Å²) >= 11 is 0. The highest BCUT2D eigenvalue weighted by Gasteiger charge is 2.47. The van der Waals surface area contributed by atoms with Gasteiger partial charge in [-0.25, -0.2) is 0 Å². The summed E-state index contributed by atoms with van der Waals surface area (Å²) in [5, 5.41) is 5.15. The van der Waals surface area contributed by atoms with Crippen molar-refractivity contribution < 1.29 is 27.5 Å². The summed E-state index contributed by atoms with van der Waals surface area (Å²) in [7, 11) is 1.57. The molecule has 2 rings (SSSR count). The molecule has 8 heteroatoms. The number of carbonyl (C=O) groups excluding carboxylic acids is 2. The molecule has 1 aromatic rings. The number of hydrogen-bond acceptors (Lipinski definition) is 3. The Balaban J connectivity index is 1.83. The molecule has 0 radical (unpaired) electrons. The first-order valence-electron chi connectivity index (χ1n) is 7.57. The SMILES string of the molecule is COCCCNC(=O)C1CC1C(=O)Nc1cccc(C(F)(F)F)c1. The topological polar surface area (TPSA) is 67.4 Å². The molecule has 0 aliphatic heterocycles. The van der Waals surface area contributed by atoms with Crippen LogP contribution < -0.4 is 10.6 Å². The molecule has 24 heavy (non-hydrogen) atoms. The lowest BCUT2D eigenvalue weighted by atomic mass is 10.2. The molecule has 0 saturated heterocycles. The minimum atomic E-state index is -4.47. The Morgan fingerprint density at radius 1 is 1.25 bits per heavy atom.